The third kappa shape index (κ3) is 2.66. The fraction of sp³-hybridized carbons (Fsp3) is 0. The van der Waals surface area contributed by atoms with E-state index < -0.39 is 0 Å². The molecule has 1 nitrogen and oxygen atoms in total. The molecule has 0 aliphatic carbocycles. The van der Waals surface area contributed by atoms with E-state index in [0.717, 1.165) is 16.3 Å². The molecule has 3 rings (SSSR count). The van der Waals surface area contributed by atoms with Gasteiger partial charge in [-0.25, -0.2) is 0 Å². The second-order valence-corrected chi connectivity index (χ2v) is 4.53. The molecule has 0 saturated heterocycles. The predicted octanol–water partition coefficient (Wildman–Crippen LogP) is 4.72. The van der Waals surface area contributed by atoms with Gasteiger partial charge in [-0.3, -0.25) is 0 Å². The first-order valence-electron chi connectivity index (χ1n) is 6.27. The van der Waals surface area contributed by atoms with Gasteiger partial charge in [-0.15, -0.1) is 0 Å². The molecule has 0 amide bonds. The average Bonchev–Trinajstić information content (AvgIpc) is 2.46. The van der Waals surface area contributed by atoms with E-state index in [1.54, 1.807) is 12.1 Å². The molecule has 3 aromatic rings. The maximum atomic E-state index is 9.51. The monoisotopic (exact) mass is 246 g/mol. The first-order valence-corrected chi connectivity index (χ1v) is 6.27. The molecule has 0 radical (unpaired) electrons. The third-order valence-corrected chi connectivity index (χ3v) is 3.12. The Labute approximate surface area is 112 Å². The van der Waals surface area contributed by atoms with Crippen molar-refractivity contribution in [1.82, 2.24) is 0 Å². The largest absolute Gasteiger partial charge is 0.508 e. The van der Waals surface area contributed by atoms with Crippen molar-refractivity contribution in [2.24, 2.45) is 0 Å². The molecule has 0 spiro atoms. The molecule has 0 aromatic heterocycles. The van der Waals surface area contributed by atoms with Crippen molar-refractivity contribution in [3.05, 3.63) is 77.9 Å². The van der Waals surface area contributed by atoms with E-state index in [1.807, 2.05) is 24.3 Å². The summed E-state index contributed by atoms with van der Waals surface area (Å²) in [5.74, 6) is 0.302. The lowest BCUT2D eigenvalue weighted by Crippen LogP contribution is -1.76. The topological polar surface area (TPSA) is 20.2 Å². The van der Waals surface area contributed by atoms with Crippen molar-refractivity contribution in [2.45, 2.75) is 0 Å². The lowest BCUT2D eigenvalue weighted by Gasteiger charge is -2.01. The molecule has 0 unspecified atom stereocenters. The molecular weight excluding hydrogens is 232 g/mol. The number of rotatable bonds is 2. The molecule has 0 heterocycles. The van der Waals surface area contributed by atoms with E-state index in [1.165, 1.54) is 5.56 Å². The summed E-state index contributed by atoms with van der Waals surface area (Å²) in [5.41, 5.74) is 2.31. The Kier molecular flexibility index (Phi) is 3.03. The van der Waals surface area contributed by atoms with Gasteiger partial charge in [0.2, 0.25) is 0 Å². The Morgan fingerprint density at radius 1 is 0.632 bits per heavy atom. The molecule has 0 bridgehead atoms. The highest BCUT2D eigenvalue weighted by molar-refractivity contribution is 5.87. The number of hydrogen-bond donors (Lipinski definition) is 1. The summed E-state index contributed by atoms with van der Waals surface area (Å²) in [5, 5.41) is 11.7. The van der Waals surface area contributed by atoms with Crippen LogP contribution in [0.4, 0.5) is 0 Å². The lowest BCUT2D eigenvalue weighted by molar-refractivity contribution is 0.476. The third-order valence-electron chi connectivity index (χ3n) is 3.12. The normalized spacial score (nSPS) is 11.2. The molecule has 92 valence electrons. The highest BCUT2D eigenvalue weighted by Gasteiger charge is 1.96. The molecular formula is C18H14O. The highest BCUT2D eigenvalue weighted by atomic mass is 16.3. The summed E-state index contributed by atoms with van der Waals surface area (Å²) in [7, 11) is 0. The van der Waals surface area contributed by atoms with Crippen LogP contribution in [0.3, 0.4) is 0 Å². The van der Waals surface area contributed by atoms with E-state index in [4.69, 9.17) is 0 Å². The van der Waals surface area contributed by atoms with Crippen LogP contribution in [-0.2, 0) is 0 Å². The summed E-state index contributed by atoms with van der Waals surface area (Å²) >= 11 is 0. The van der Waals surface area contributed by atoms with Crippen molar-refractivity contribution in [2.75, 3.05) is 0 Å². The van der Waals surface area contributed by atoms with Crippen LogP contribution in [0.5, 0.6) is 5.75 Å². The average molecular weight is 246 g/mol. The van der Waals surface area contributed by atoms with Crippen LogP contribution in [0.25, 0.3) is 22.9 Å². The molecule has 0 atom stereocenters. The number of aromatic hydroxyl groups is 1. The number of fused-ring (bicyclic) bond motifs is 1. The zero-order valence-electron chi connectivity index (χ0n) is 10.5. The Balaban J connectivity index is 1.95. The van der Waals surface area contributed by atoms with Crippen LogP contribution in [-0.4, -0.2) is 5.11 Å². The SMILES string of the molecule is Oc1ccc2ccc(/C=C/c3ccccc3)cc2c1. The van der Waals surface area contributed by atoms with Gasteiger partial charge in [-0.05, 0) is 40.1 Å². The Morgan fingerprint density at radius 2 is 1.37 bits per heavy atom. The van der Waals surface area contributed by atoms with Gasteiger partial charge in [0.25, 0.3) is 0 Å². The van der Waals surface area contributed by atoms with Gasteiger partial charge in [0, 0.05) is 0 Å². The molecule has 0 aliphatic rings. The van der Waals surface area contributed by atoms with Gasteiger partial charge in [0.1, 0.15) is 5.75 Å². The van der Waals surface area contributed by atoms with E-state index in [0.29, 0.717) is 5.75 Å². The molecule has 19 heavy (non-hydrogen) atoms. The number of phenolic OH excluding ortho intramolecular Hbond substituents is 1. The zero-order chi connectivity index (χ0) is 13.1. The van der Waals surface area contributed by atoms with E-state index >= 15 is 0 Å². The minimum Gasteiger partial charge on any atom is -0.508 e. The summed E-state index contributed by atoms with van der Waals surface area (Å²) in [6, 6.07) is 21.9. The van der Waals surface area contributed by atoms with Crippen LogP contribution in [0.1, 0.15) is 11.1 Å². The standard InChI is InChI=1S/C18H14O/c19-18-11-10-16-9-8-15(12-17(16)13-18)7-6-14-4-2-1-3-5-14/h1-13,19H/b7-6+. The van der Waals surface area contributed by atoms with Gasteiger partial charge in [-0.2, -0.15) is 0 Å². The molecule has 3 aromatic carbocycles. The Morgan fingerprint density at radius 3 is 2.21 bits per heavy atom. The van der Waals surface area contributed by atoms with Crippen molar-refractivity contribution in [1.29, 1.82) is 0 Å². The summed E-state index contributed by atoms with van der Waals surface area (Å²) in [4.78, 5) is 0. The van der Waals surface area contributed by atoms with Gasteiger partial charge >= 0.3 is 0 Å². The van der Waals surface area contributed by atoms with Crippen molar-refractivity contribution < 1.29 is 5.11 Å². The van der Waals surface area contributed by atoms with Gasteiger partial charge in [0.15, 0.2) is 0 Å². The highest BCUT2D eigenvalue weighted by Crippen LogP contribution is 2.22. The molecule has 0 aliphatic heterocycles. The van der Waals surface area contributed by atoms with E-state index in [9.17, 15) is 5.11 Å². The summed E-state index contributed by atoms with van der Waals surface area (Å²) in [6.45, 7) is 0. The van der Waals surface area contributed by atoms with E-state index in [-0.39, 0.29) is 0 Å². The van der Waals surface area contributed by atoms with Crippen LogP contribution in [0.2, 0.25) is 0 Å². The molecule has 0 saturated carbocycles. The first kappa shape index (κ1) is 11.5. The predicted molar refractivity (Wildman–Crippen MR) is 81.0 cm³/mol. The van der Waals surface area contributed by atoms with Crippen molar-refractivity contribution in [3.8, 4) is 5.75 Å². The maximum absolute atomic E-state index is 9.51. The van der Waals surface area contributed by atoms with Crippen LogP contribution < -0.4 is 0 Å². The number of benzene rings is 3. The molecule has 0 fully saturated rings. The lowest BCUT2D eigenvalue weighted by atomic mass is 10.1. The maximum Gasteiger partial charge on any atom is 0.116 e. The first-order chi connectivity index (χ1) is 9.31. The smallest absolute Gasteiger partial charge is 0.116 e. The van der Waals surface area contributed by atoms with Gasteiger partial charge in [-0.1, -0.05) is 60.7 Å². The van der Waals surface area contributed by atoms with Crippen molar-refractivity contribution >= 4 is 22.9 Å². The minimum atomic E-state index is 0.302. The Hall–Kier alpha value is -2.54. The van der Waals surface area contributed by atoms with Gasteiger partial charge in [0.05, 0.1) is 0 Å². The zero-order valence-corrected chi connectivity index (χ0v) is 10.5. The minimum absolute atomic E-state index is 0.302. The Bertz CT molecular complexity index is 727. The van der Waals surface area contributed by atoms with Gasteiger partial charge < -0.3 is 5.11 Å². The van der Waals surface area contributed by atoms with Crippen molar-refractivity contribution in [3.63, 3.8) is 0 Å². The summed E-state index contributed by atoms with van der Waals surface area (Å²) in [6.07, 6.45) is 4.17. The second kappa shape index (κ2) is 4.99. The number of phenols is 1. The fourth-order valence-corrected chi connectivity index (χ4v) is 2.11. The van der Waals surface area contributed by atoms with E-state index in [2.05, 4.69) is 42.5 Å². The number of hydrogen-bond acceptors (Lipinski definition) is 1. The quantitative estimate of drug-likeness (QED) is 0.649. The molecule has 1 N–H and O–H groups in total. The van der Waals surface area contributed by atoms with Crippen LogP contribution in [0, 0.1) is 0 Å². The fourth-order valence-electron chi connectivity index (χ4n) is 2.11. The summed E-state index contributed by atoms with van der Waals surface area (Å²) < 4.78 is 0. The second-order valence-electron chi connectivity index (χ2n) is 4.53. The molecule has 1 heteroatoms. The van der Waals surface area contributed by atoms with Crippen LogP contribution >= 0.6 is 0 Å². The van der Waals surface area contributed by atoms with Crippen LogP contribution in [0.15, 0.2) is 66.7 Å².